The Hall–Kier alpha value is -7.18. The van der Waals surface area contributed by atoms with Crippen LogP contribution in [-0.2, 0) is 38.9 Å². The van der Waals surface area contributed by atoms with Gasteiger partial charge in [-0.1, -0.05) is 201 Å². The van der Waals surface area contributed by atoms with Gasteiger partial charge in [-0.3, -0.25) is 0 Å². The Labute approximate surface area is 544 Å². The second-order valence-corrected chi connectivity index (χ2v) is 33.2. The Bertz CT molecular complexity index is 4500. The molecule has 8 aromatic carbocycles. The van der Waals surface area contributed by atoms with Gasteiger partial charge >= 0.3 is 0 Å². The number of hydrogen-bond donors (Lipinski definition) is 0. The quantitative estimate of drug-likeness (QED) is 0.134. The summed E-state index contributed by atoms with van der Waals surface area (Å²) in [4.78, 5) is 11.2. The number of benzene rings is 8. The SMILES string of the molecule is CCCCC(C)(C)c1ccc(N2c3cc4c(cc3B3c5ccc(N6c7ccccc7C7(C)CCCCC67C)cc5N(c5cccc6oc7ccccc7c56)c5cc(N6c7ccc(C(C)(C)C)cc7C7(C)CCCCC67C)cc2c53)C(C)(C)CCC4(C)C)cc1CC. The molecule has 16 rings (SSSR count). The van der Waals surface area contributed by atoms with Crippen LogP contribution in [0.1, 0.15) is 226 Å². The molecule has 2 fully saturated rings. The highest BCUT2D eigenvalue weighted by molar-refractivity contribution is 7.00. The lowest BCUT2D eigenvalue weighted by Gasteiger charge is -2.52. The maximum absolute atomic E-state index is 6.96. The predicted octanol–water partition coefficient (Wildman–Crippen LogP) is 21.8. The van der Waals surface area contributed by atoms with Gasteiger partial charge in [0.05, 0.1) is 22.2 Å². The third-order valence-electron chi connectivity index (χ3n) is 25.7. The highest BCUT2D eigenvalue weighted by Gasteiger charge is 2.60. The van der Waals surface area contributed by atoms with Crippen molar-refractivity contribution in [2.45, 2.75) is 237 Å². The van der Waals surface area contributed by atoms with Crippen molar-refractivity contribution < 1.29 is 4.42 Å². The molecule has 0 saturated heterocycles. The number of rotatable bonds is 9. The van der Waals surface area contributed by atoms with E-state index in [0.717, 1.165) is 66.2 Å². The van der Waals surface area contributed by atoms with Crippen LogP contribution < -0.4 is 36.0 Å². The van der Waals surface area contributed by atoms with E-state index in [9.17, 15) is 0 Å². The average molecular weight is 1200 g/mol. The van der Waals surface area contributed by atoms with Gasteiger partial charge in [0.2, 0.25) is 0 Å². The van der Waals surface area contributed by atoms with E-state index in [1.54, 1.807) is 0 Å². The number of hydrogen-bond acceptors (Lipinski definition) is 5. The molecule has 4 aliphatic heterocycles. The summed E-state index contributed by atoms with van der Waals surface area (Å²) in [6.45, 7) is 37.3. The molecule has 5 heterocycles. The van der Waals surface area contributed by atoms with Crippen molar-refractivity contribution in [3.63, 3.8) is 0 Å². The molecule has 4 unspecified atom stereocenters. The summed E-state index contributed by atoms with van der Waals surface area (Å²) in [5.41, 5.74) is 28.7. The molecule has 6 heteroatoms. The van der Waals surface area contributed by atoms with Crippen LogP contribution in [0.3, 0.4) is 0 Å². The fourth-order valence-corrected chi connectivity index (χ4v) is 19.9. The Morgan fingerprint density at radius 1 is 0.462 bits per heavy atom. The first-order valence-electron chi connectivity index (χ1n) is 35.4. The standard InChI is InChI=1S/C85H97BN4O/c1-16-18-40-79(6,7)60-37-35-56(47-54(60)17-2)87-71-53-63-62(80(8,9)45-46-81(63,10)11)52-66(71)86-65-38-36-57(89-67-30-21-20-29-61(67)82(12)41-23-25-43-84(82,89)14)49-70(65)88(69-31-27-33-75-76(69)59-28-19-22-32-74(59)91-75)73-51-58(50-72(87)77(73)86)90-68-39-34-55(78(3,4)5)48-64(68)83(13)42-24-26-44-85(83,90)15/h19-22,27-39,47-53H,16-18,23-26,40-46H2,1-15H3. The predicted molar refractivity (Wildman–Crippen MR) is 389 cm³/mol. The monoisotopic (exact) mass is 1200 g/mol. The maximum atomic E-state index is 6.96. The number of aryl methyl sites for hydroxylation is 1. The van der Waals surface area contributed by atoms with Crippen molar-refractivity contribution in [3.05, 3.63) is 185 Å². The van der Waals surface area contributed by atoms with Crippen LogP contribution in [0.5, 0.6) is 0 Å². The Balaban J connectivity index is 1.06. The molecule has 466 valence electrons. The molecular formula is C85H97BN4O. The van der Waals surface area contributed by atoms with Crippen molar-refractivity contribution >= 4 is 102 Å². The van der Waals surface area contributed by atoms with Crippen LogP contribution >= 0.6 is 0 Å². The fraction of sp³-hybridized carbons (Fsp3) is 0.435. The van der Waals surface area contributed by atoms with Crippen molar-refractivity contribution in [1.82, 2.24) is 0 Å². The normalized spacial score (nSPS) is 24.2. The number of nitrogens with zero attached hydrogens (tertiary/aromatic N) is 4. The molecule has 9 aromatic rings. The van der Waals surface area contributed by atoms with Crippen LogP contribution in [-0.4, -0.2) is 17.8 Å². The number of anilines is 10. The van der Waals surface area contributed by atoms with Gasteiger partial charge in [0.15, 0.2) is 0 Å². The van der Waals surface area contributed by atoms with E-state index in [4.69, 9.17) is 4.42 Å². The van der Waals surface area contributed by atoms with Crippen molar-refractivity contribution in [2.24, 2.45) is 0 Å². The molecule has 0 spiro atoms. The van der Waals surface area contributed by atoms with Gasteiger partial charge in [-0.25, -0.2) is 0 Å². The largest absolute Gasteiger partial charge is 0.456 e. The van der Waals surface area contributed by atoms with Crippen LogP contribution in [0, 0.1) is 0 Å². The Morgan fingerprint density at radius 3 is 1.77 bits per heavy atom. The summed E-state index contributed by atoms with van der Waals surface area (Å²) in [6.07, 6.45) is 16.4. The minimum atomic E-state index is -0.200. The molecule has 7 aliphatic rings. The first-order valence-corrected chi connectivity index (χ1v) is 35.4. The summed E-state index contributed by atoms with van der Waals surface area (Å²) < 4.78 is 6.96. The van der Waals surface area contributed by atoms with Crippen molar-refractivity contribution in [1.29, 1.82) is 0 Å². The van der Waals surface area contributed by atoms with E-state index in [1.807, 2.05) is 0 Å². The molecule has 5 nitrogen and oxygen atoms in total. The third-order valence-corrected chi connectivity index (χ3v) is 25.7. The molecule has 91 heavy (non-hydrogen) atoms. The minimum absolute atomic E-state index is 0.00504. The Morgan fingerprint density at radius 2 is 1.05 bits per heavy atom. The number of para-hydroxylation sites is 2. The van der Waals surface area contributed by atoms with E-state index in [2.05, 4.69) is 269 Å². The van der Waals surface area contributed by atoms with Gasteiger partial charge in [-0.2, -0.15) is 0 Å². The molecule has 0 bridgehead atoms. The van der Waals surface area contributed by atoms with E-state index < -0.39 is 0 Å². The topological polar surface area (TPSA) is 26.1 Å². The van der Waals surface area contributed by atoms with Gasteiger partial charge in [0, 0.05) is 67.4 Å². The highest BCUT2D eigenvalue weighted by atomic mass is 16.3. The van der Waals surface area contributed by atoms with E-state index in [1.165, 1.54) is 158 Å². The van der Waals surface area contributed by atoms with E-state index >= 15 is 0 Å². The van der Waals surface area contributed by atoms with Crippen molar-refractivity contribution in [3.8, 4) is 0 Å². The van der Waals surface area contributed by atoms with Crippen LogP contribution in [0.25, 0.3) is 21.9 Å². The van der Waals surface area contributed by atoms with Gasteiger partial charge < -0.3 is 24.0 Å². The van der Waals surface area contributed by atoms with Crippen molar-refractivity contribution in [2.75, 3.05) is 19.6 Å². The van der Waals surface area contributed by atoms with Gasteiger partial charge in [0.25, 0.3) is 6.71 Å². The maximum Gasteiger partial charge on any atom is 0.252 e. The third kappa shape index (κ3) is 8.14. The lowest BCUT2D eigenvalue weighted by molar-refractivity contribution is 0.195. The smallest absolute Gasteiger partial charge is 0.252 e. The van der Waals surface area contributed by atoms with Crippen LogP contribution in [0.2, 0.25) is 0 Å². The van der Waals surface area contributed by atoms with Crippen LogP contribution in [0.4, 0.5) is 56.9 Å². The van der Waals surface area contributed by atoms with Gasteiger partial charge in [-0.05, 0) is 215 Å². The molecule has 0 amide bonds. The van der Waals surface area contributed by atoms with E-state index in [-0.39, 0.29) is 50.3 Å². The number of fused-ring (bicyclic) bond motifs is 14. The first-order chi connectivity index (χ1) is 43.4. The molecule has 3 aliphatic carbocycles. The fourth-order valence-electron chi connectivity index (χ4n) is 19.9. The molecule has 4 atom stereocenters. The molecule has 1 aromatic heterocycles. The second kappa shape index (κ2) is 19.9. The first kappa shape index (κ1) is 58.9. The zero-order valence-corrected chi connectivity index (χ0v) is 57.5. The zero-order chi connectivity index (χ0) is 63.3. The molecule has 2 saturated carbocycles. The van der Waals surface area contributed by atoms with Crippen LogP contribution in [0.15, 0.2) is 150 Å². The number of unbranched alkanes of at least 4 members (excludes halogenated alkanes) is 1. The number of furan rings is 1. The van der Waals surface area contributed by atoms with E-state index in [0.29, 0.717) is 0 Å². The summed E-state index contributed by atoms with van der Waals surface area (Å²) >= 11 is 0. The van der Waals surface area contributed by atoms with Gasteiger partial charge in [-0.15, -0.1) is 0 Å². The average Bonchev–Trinajstić information content (AvgIpc) is 1.64. The zero-order valence-electron chi connectivity index (χ0n) is 57.5. The lowest BCUT2D eigenvalue weighted by atomic mass is 9.33. The summed E-state index contributed by atoms with van der Waals surface area (Å²) in [6, 6.07) is 59.0. The molecular weight excluding hydrogens is 1100 g/mol. The lowest BCUT2D eigenvalue weighted by Crippen LogP contribution is -2.62. The summed E-state index contributed by atoms with van der Waals surface area (Å²) in [5.74, 6) is 0. The Kier molecular flexibility index (Phi) is 12.9. The summed E-state index contributed by atoms with van der Waals surface area (Å²) in [7, 11) is 0. The molecule has 0 radical (unpaired) electrons. The minimum Gasteiger partial charge on any atom is -0.456 e. The second-order valence-electron chi connectivity index (χ2n) is 33.2. The molecule has 0 N–H and O–H groups in total. The summed E-state index contributed by atoms with van der Waals surface area (Å²) in [5, 5.41) is 2.29. The highest BCUT2D eigenvalue weighted by Crippen LogP contribution is 2.64. The van der Waals surface area contributed by atoms with Gasteiger partial charge in [0.1, 0.15) is 11.2 Å².